The van der Waals surface area contributed by atoms with Gasteiger partial charge >= 0.3 is 0 Å². The Labute approximate surface area is 405 Å². The van der Waals surface area contributed by atoms with Crippen LogP contribution in [0.25, 0.3) is 11.1 Å². The largest absolute Gasteiger partial charge is 0.458 e. The van der Waals surface area contributed by atoms with E-state index in [0.29, 0.717) is 0 Å². The van der Waals surface area contributed by atoms with Crippen molar-refractivity contribution in [3.63, 3.8) is 0 Å². The number of nitrogens with zero attached hydrogens (tertiary/aromatic N) is 2. The van der Waals surface area contributed by atoms with Crippen LogP contribution >= 0.6 is 23.5 Å². The monoisotopic (exact) mass is 904 g/mol. The Balaban J connectivity index is 0.938. The van der Waals surface area contributed by atoms with Gasteiger partial charge in [0, 0.05) is 59.0 Å². The van der Waals surface area contributed by atoms with Crippen LogP contribution in [0, 0.1) is 0 Å². The molecule has 0 saturated heterocycles. The van der Waals surface area contributed by atoms with E-state index < -0.39 is 0 Å². The molecule has 0 saturated carbocycles. The molecule has 10 aromatic rings. The van der Waals surface area contributed by atoms with Crippen LogP contribution in [0.1, 0.15) is 0 Å². The smallest absolute Gasteiger partial charge is 0.260 e. The summed E-state index contributed by atoms with van der Waals surface area (Å²) in [4.78, 5) is 9.77. The number of para-hydroxylation sites is 6. The topological polar surface area (TPSA) is 24.9 Å². The van der Waals surface area contributed by atoms with Crippen LogP contribution in [0.5, 0.6) is 23.0 Å². The zero-order chi connectivity index (χ0) is 44.7. The average Bonchev–Trinajstić information content (AvgIpc) is 3.39. The van der Waals surface area contributed by atoms with Gasteiger partial charge in [-0.05, 0) is 119 Å². The summed E-state index contributed by atoms with van der Waals surface area (Å²) in [5.74, 6) is 3.39. The first kappa shape index (κ1) is 39.4. The lowest BCUT2D eigenvalue weighted by atomic mass is 9.32. The lowest BCUT2D eigenvalue weighted by Gasteiger charge is -2.37. The van der Waals surface area contributed by atoms with E-state index in [1.165, 1.54) is 36.0 Å². The fourth-order valence-corrected chi connectivity index (χ4v) is 13.2. The van der Waals surface area contributed by atoms with E-state index >= 15 is 0 Å². The number of hydrogen-bond acceptors (Lipinski definition) is 6. The van der Waals surface area contributed by atoms with Gasteiger partial charge in [-0.2, -0.15) is 0 Å². The molecule has 0 atom stereocenters. The predicted octanol–water partition coefficient (Wildman–Crippen LogP) is 12.5. The van der Waals surface area contributed by atoms with Crippen LogP contribution in [-0.4, -0.2) is 13.4 Å². The maximum absolute atomic E-state index is 7.26. The van der Waals surface area contributed by atoms with Crippen LogP contribution < -0.4 is 52.1 Å². The number of ether oxygens (including phenoxy) is 2. The molecule has 0 spiro atoms. The molecule has 68 heavy (non-hydrogen) atoms. The quantitative estimate of drug-likeness (QED) is 0.148. The van der Waals surface area contributed by atoms with Crippen molar-refractivity contribution in [2.45, 2.75) is 19.6 Å². The highest BCUT2D eigenvalue weighted by atomic mass is 32.2. The van der Waals surface area contributed by atoms with Crippen LogP contribution in [-0.2, 0) is 0 Å². The SMILES string of the molecule is c1ccc(N(c2ccccc2)c2cc3c4c(c2)Sc2cc5c(cc2B4c2ccccc2S3)B2c3ccccc3Oc3cc(-c4ccccc4N(c4ccccc4)c4ccccc4)cc(c32)O5)cc1. The van der Waals surface area contributed by atoms with E-state index in [0.717, 1.165) is 84.6 Å². The van der Waals surface area contributed by atoms with Gasteiger partial charge in [-0.1, -0.05) is 168 Å². The molecule has 4 nitrogen and oxygen atoms in total. The molecular weight excluding hydrogens is 866 g/mol. The van der Waals surface area contributed by atoms with E-state index in [-0.39, 0.29) is 13.4 Å². The van der Waals surface area contributed by atoms with Crippen molar-refractivity contribution in [2.75, 3.05) is 9.80 Å². The Morgan fingerprint density at radius 2 is 0.809 bits per heavy atom. The number of anilines is 6. The second-order valence-corrected chi connectivity index (χ2v) is 19.7. The summed E-state index contributed by atoms with van der Waals surface area (Å²) in [6, 6.07) is 82.8. The Kier molecular flexibility index (Phi) is 9.24. The van der Waals surface area contributed by atoms with E-state index in [4.69, 9.17) is 9.47 Å². The van der Waals surface area contributed by atoms with Crippen molar-refractivity contribution in [2.24, 2.45) is 0 Å². The molecule has 0 bridgehead atoms. The number of rotatable bonds is 7. The predicted molar refractivity (Wildman–Crippen MR) is 285 cm³/mol. The van der Waals surface area contributed by atoms with Gasteiger partial charge in [-0.3, -0.25) is 0 Å². The summed E-state index contributed by atoms with van der Waals surface area (Å²) < 4.78 is 14.2. The third kappa shape index (κ3) is 6.36. The molecule has 0 aliphatic carbocycles. The lowest BCUT2D eigenvalue weighted by molar-refractivity contribution is 0.464. The highest BCUT2D eigenvalue weighted by Crippen LogP contribution is 2.47. The Hall–Kier alpha value is -7.77. The molecule has 0 amide bonds. The Bertz CT molecular complexity index is 3540. The van der Waals surface area contributed by atoms with Crippen molar-refractivity contribution in [1.82, 2.24) is 0 Å². The Morgan fingerprint density at radius 3 is 1.46 bits per heavy atom. The summed E-state index contributed by atoms with van der Waals surface area (Å²) in [6.07, 6.45) is 0. The first-order chi connectivity index (χ1) is 33.7. The highest BCUT2D eigenvalue weighted by Gasteiger charge is 2.44. The molecule has 14 rings (SSSR count). The molecule has 4 aliphatic rings. The number of benzene rings is 10. The van der Waals surface area contributed by atoms with E-state index in [2.05, 4.69) is 240 Å². The fourth-order valence-electron chi connectivity index (χ4n) is 10.8. The van der Waals surface area contributed by atoms with E-state index in [1.807, 2.05) is 23.5 Å². The molecular formula is C60H38B2N2O2S2. The summed E-state index contributed by atoms with van der Waals surface area (Å²) in [5.41, 5.74) is 16.1. The molecule has 4 aliphatic heterocycles. The molecule has 0 aromatic heterocycles. The van der Waals surface area contributed by atoms with Gasteiger partial charge in [0.15, 0.2) is 0 Å². The summed E-state index contributed by atoms with van der Waals surface area (Å²) >= 11 is 3.75. The van der Waals surface area contributed by atoms with Gasteiger partial charge in [0.2, 0.25) is 6.71 Å². The van der Waals surface area contributed by atoms with Gasteiger partial charge in [0.05, 0.1) is 5.69 Å². The molecule has 318 valence electrons. The molecule has 0 fully saturated rings. The third-order valence-electron chi connectivity index (χ3n) is 13.6. The lowest BCUT2D eigenvalue weighted by Crippen LogP contribution is -2.62. The van der Waals surface area contributed by atoms with Crippen molar-refractivity contribution < 1.29 is 9.47 Å². The standard InChI is InChI=1S/C60H38B2N2O2S2/c1-5-19-40(20-6-1)63(41-21-7-2-8-22-41)44-35-57-60-58(36-44)68-56-38-52-48(37-49(56)62(60)47-29-15-18-32-55(47)67-57)61-46-28-14-17-31-51(46)65-53-33-39(34-54(66-52)59(53)61)45-27-13-16-30-50(45)64(42-23-9-3-10-24-42)43-25-11-4-12-26-43/h1-38H. The summed E-state index contributed by atoms with van der Waals surface area (Å²) in [5, 5.41) is 0. The average molecular weight is 905 g/mol. The van der Waals surface area contributed by atoms with Crippen molar-refractivity contribution in [1.29, 1.82) is 0 Å². The maximum Gasteiger partial charge on any atom is 0.260 e. The Morgan fingerprint density at radius 1 is 0.309 bits per heavy atom. The minimum absolute atomic E-state index is 0.0574. The molecule has 10 aromatic carbocycles. The van der Waals surface area contributed by atoms with Crippen LogP contribution in [0.4, 0.5) is 34.1 Å². The normalized spacial score (nSPS) is 13.1. The van der Waals surface area contributed by atoms with E-state index in [9.17, 15) is 0 Å². The third-order valence-corrected chi connectivity index (χ3v) is 15.9. The van der Waals surface area contributed by atoms with Crippen molar-refractivity contribution >= 4 is 104 Å². The van der Waals surface area contributed by atoms with E-state index in [1.54, 1.807) is 0 Å². The van der Waals surface area contributed by atoms with Crippen LogP contribution in [0.15, 0.2) is 250 Å². The summed E-state index contributed by atoms with van der Waals surface area (Å²) in [6.45, 7) is -0.0258. The zero-order valence-corrected chi connectivity index (χ0v) is 38.3. The molecule has 4 heterocycles. The first-order valence-corrected chi connectivity index (χ1v) is 24.7. The zero-order valence-electron chi connectivity index (χ0n) is 36.6. The second-order valence-electron chi connectivity index (χ2n) is 17.5. The minimum atomic E-state index is -0.0832. The highest BCUT2D eigenvalue weighted by molar-refractivity contribution is 8.01. The van der Waals surface area contributed by atoms with Crippen molar-refractivity contribution in [3.8, 4) is 34.1 Å². The minimum Gasteiger partial charge on any atom is -0.458 e. The number of hydrogen-bond donors (Lipinski definition) is 0. The van der Waals surface area contributed by atoms with Gasteiger partial charge < -0.3 is 19.3 Å². The van der Waals surface area contributed by atoms with Gasteiger partial charge in [-0.15, -0.1) is 0 Å². The van der Waals surface area contributed by atoms with Gasteiger partial charge in [0.1, 0.15) is 23.0 Å². The first-order valence-electron chi connectivity index (χ1n) is 23.0. The molecule has 0 unspecified atom stereocenters. The van der Waals surface area contributed by atoms with Crippen LogP contribution in [0.3, 0.4) is 0 Å². The second kappa shape index (κ2) is 15.9. The summed E-state index contributed by atoms with van der Waals surface area (Å²) in [7, 11) is 0. The maximum atomic E-state index is 7.26. The van der Waals surface area contributed by atoms with Gasteiger partial charge in [-0.25, -0.2) is 0 Å². The molecule has 0 radical (unpaired) electrons. The number of fused-ring (bicyclic) bond motifs is 8. The van der Waals surface area contributed by atoms with Gasteiger partial charge in [0.25, 0.3) is 6.71 Å². The molecule has 0 N–H and O–H groups in total. The fraction of sp³-hybridized carbons (Fsp3) is 0. The van der Waals surface area contributed by atoms with Crippen LogP contribution in [0.2, 0.25) is 0 Å². The van der Waals surface area contributed by atoms with Crippen molar-refractivity contribution in [3.05, 3.63) is 231 Å². The molecule has 8 heteroatoms.